The zero-order valence-electron chi connectivity index (χ0n) is 9.97. The standard InChI is InChI=1S/C12H24O2/c1-5-6-7-8-9-10(2)12(3,4)11(13)14/h10H,5-9H2,1-4H3,(H,13,14). The maximum Gasteiger partial charge on any atom is 0.309 e. The van der Waals surface area contributed by atoms with E-state index in [-0.39, 0.29) is 5.92 Å². The van der Waals surface area contributed by atoms with E-state index in [9.17, 15) is 4.79 Å². The van der Waals surface area contributed by atoms with Gasteiger partial charge in [-0.05, 0) is 26.2 Å². The number of hydrogen-bond acceptors (Lipinski definition) is 1. The Labute approximate surface area is 87.7 Å². The van der Waals surface area contributed by atoms with Crippen molar-refractivity contribution in [3.63, 3.8) is 0 Å². The van der Waals surface area contributed by atoms with Crippen molar-refractivity contribution in [3.8, 4) is 0 Å². The van der Waals surface area contributed by atoms with Crippen LogP contribution in [0.1, 0.15) is 59.8 Å². The molecular weight excluding hydrogens is 176 g/mol. The molecule has 0 fully saturated rings. The molecule has 0 radical (unpaired) electrons. The molecule has 1 atom stereocenters. The molecule has 1 N–H and O–H groups in total. The molecule has 0 aliphatic rings. The summed E-state index contributed by atoms with van der Waals surface area (Å²) < 4.78 is 0. The van der Waals surface area contributed by atoms with Crippen molar-refractivity contribution in [1.29, 1.82) is 0 Å². The van der Waals surface area contributed by atoms with E-state index in [1.165, 1.54) is 19.3 Å². The SMILES string of the molecule is CCCCCCC(C)C(C)(C)C(=O)O. The lowest BCUT2D eigenvalue weighted by atomic mass is 9.77. The number of rotatable bonds is 7. The summed E-state index contributed by atoms with van der Waals surface area (Å²) in [5.41, 5.74) is -0.577. The van der Waals surface area contributed by atoms with E-state index >= 15 is 0 Å². The predicted molar refractivity (Wildman–Crippen MR) is 59.3 cm³/mol. The number of unbranched alkanes of at least 4 members (excludes halogenated alkanes) is 3. The molecule has 0 saturated carbocycles. The molecule has 0 aromatic carbocycles. The van der Waals surface area contributed by atoms with Gasteiger partial charge in [0.05, 0.1) is 5.41 Å². The third-order valence-electron chi connectivity index (χ3n) is 3.27. The Morgan fingerprint density at radius 2 is 1.86 bits per heavy atom. The van der Waals surface area contributed by atoms with Crippen molar-refractivity contribution < 1.29 is 9.90 Å². The van der Waals surface area contributed by atoms with Gasteiger partial charge in [0.25, 0.3) is 0 Å². The Morgan fingerprint density at radius 3 is 2.29 bits per heavy atom. The first-order valence-corrected chi connectivity index (χ1v) is 5.66. The first kappa shape index (κ1) is 13.5. The second kappa shape index (κ2) is 6.05. The normalized spacial score (nSPS) is 14.0. The highest BCUT2D eigenvalue weighted by Crippen LogP contribution is 2.30. The highest BCUT2D eigenvalue weighted by Gasteiger charge is 2.32. The van der Waals surface area contributed by atoms with E-state index in [0.29, 0.717) is 0 Å². The van der Waals surface area contributed by atoms with Crippen molar-refractivity contribution in [3.05, 3.63) is 0 Å². The van der Waals surface area contributed by atoms with Gasteiger partial charge in [-0.2, -0.15) is 0 Å². The Balaban J connectivity index is 3.83. The number of carboxylic acids is 1. The second-order valence-corrected chi connectivity index (χ2v) is 4.78. The number of aliphatic carboxylic acids is 1. The van der Waals surface area contributed by atoms with E-state index in [1.54, 1.807) is 0 Å². The third-order valence-corrected chi connectivity index (χ3v) is 3.27. The maximum atomic E-state index is 11.0. The highest BCUT2D eigenvalue weighted by atomic mass is 16.4. The molecule has 0 rings (SSSR count). The number of carbonyl (C=O) groups is 1. The Kier molecular flexibility index (Phi) is 5.82. The first-order valence-electron chi connectivity index (χ1n) is 5.66. The molecule has 0 aromatic heterocycles. The number of hydrogen-bond donors (Lipinski definition) is 1. The van der Waals surface area contributed by atoms with Crippen LogP contribution in [0.3, 0.4) is 0 Å². The molecule has 0 heterocycles. The van der Waals surface area contributed by atoms with Crippen molar-refractivity contribution in [2.45, 2.75) is 59.8 Å². The van der Waals surface area contributed by atoms with Crippen LogP contribution in [-0.2, 0) is 4.79 Å². The minimum atomic E-state index is -0.680. The molecule has 0 saturated heterocycles. The summed E-state index contributed by atoms with van der Waals surface area (Å²) in [6.07, 6.45) is 5.92. The van der Waals surface area contributed by atoms with Crippen LogP contribution in [0.15, 0.2) is 0 Å². The van der Waals surface area contributed by atoms with Crippen LogP contribution >= 0.6 is 0 Å². The van der Waals surface area contributed by atoms with Gasteiger partial charge in [0.2, 0.25) is 0 Å². The average molecular weight is 200 g/mol. The molecule has 0 aliphatic heterocycles. The van der Waals surface area contributed by atoms with E-state index in [4.69, 9.17) is 5.11 Å². The summed E-state index contributed by atoms with van der Waals surface area (Å²) in [5.74, 6) is -0.419. The van der Waals surface area contributed by atoms with E-state index in [2.05, 4.69) is 6.92 Å². The molecule has 1 unspecified atom stereocenters. The van der Waals surface area contributed by atoms with Crippen molar-refractivity contribution >= 4 is 5.97 Å². The average Bonchev–Trinajstić information content (AvgIpc) is 2.11. The second-order valence-electron chi connectivity index (χ2n) is 4.78. The van der Waals surface area contributed by atoms with Gasteiger partial charge in [0.15, 0.2) is 0 Å². The lowest BCUT2D eigenvalue weighted by Gasteiger charge is -2.27. The van der Waals surface area contributed by atoms with Gasteiger partial charge in [-0.25, -0.2) is 0 Å². The molecule has 2 nitrogen and oxygen atoms in total. The fourth-order valence-electron chi connectivity index (χ4n) is 1.45. The lowest BCUT2D eigenvalue weighted by molar-refractivity contribution is -0.149. The van der Waals surface area contributed by atoms with Crippen LogP contribution in [0.2, 0.25) is 0 Å². The Hall–Kier alpha value is -0.530. The summed E-state index contributed by atoms with van der Waals surface area (Å²) in [5, 5.41) is 9.01. The summed E-state index contributed by atoms with van der Waals surface area (Å²) in [6, 6.07) is 0. The van der Waals surface area contributed by atoms with Gasteiger partial charge in [0, 0.05) is 0 Å². The molecular formula is C12H24O2. The van der Waals surface area contributed by atoms with Crippen LogP contribution in [0.5, 0.6) is 0 Å². The summed E-state index contributed by atoms with van der Waals surface area (Å²) in [7, 11) is 0. The van der Waals surface area contributed by atoms with Crippen LogP contribution in [0.4, 0.5) is 0 Å². The fourth-order valence-corrected chi connectivity index (χ4v) is 1.45. The van der Waals surface area contributed by atoms with Gasteiger partial charge in [0.1, 0.15) is 0 Å². The molecule has 14 heavy (non-hydrogen) atoms. The van der Waals surface area contributed by atoms with Crippen molar-refractivity contribution in [2.24, 2.45) is 11.3 Å². The van der Waals surface area contributed by atoms with Gasteiger partial charge in [-0.15, -0.1) is 0 Å². The molecule has 0 aliphatic carbocycles. The molecule has 0 spiro atoms. The lowest BCUT2D eigenvalue weighted by Crippen LogP contribution is -2.31. The van der Waals surface area contributed by atoms with Crippen LogP contribution in [0.25, 0.3) is 0 Å². The van der Waals surface area contributed by atoms with Crippen LogP contribution < -0.4 is 0 Å². The Morgan fingerprint density at radius 1 is 1.29 bits per heavy atom. The predicted octanol–water partition coefficient (Wildman–Crippen LogP) is 3.70. The molecule has 0 amide bonds. The van der Waals surface area contributed by atoms with Gasteiger partial charge >= 0.3 is 5.97 Å². The smallest absolute Gasteiger partial charge is 0.309 e. The molecule has 0 aromatic rings. The summed E-state index contributed by atoms with van der Waals surface area (Å²) >= 11 is 0. The quantitative estimate of drug-likeness (QED) is 0.636. The molecule has 2 heteroatoms. The van der Waals surface area contributed by atoms with Crippen molar-refractivity contribution in [1.82, 2.24) is 0 Å². The minimum Gasteiger partial charge on any atom is -0.481 e. The minimum absolute atomic E-state index is 0.261. The maximum absolute atomic E-state index is 11.0. The third kappa shape index (κ3) is 4.12. The first-order chi connectivity index (χ1) is 6.42. The van der Waals surface area contributed by atoms with Crippen molar-refractivity contribution in [2.75, 3.05) is 0 Å². The van der Waals surface area contributed by atoms with Crippen LogP contribution in [0, 0.1) is 11.3 Å². The van der Waals surface area contributed by atoms with E-state index < -0.39 is 11.4 Å². The van der Waals surface area contributed by atoms with E-state index in [1.807, 2.05) is 20.8 Å². The number of carboxylic acid groups (broad SMARTS) is 1. The zero-order valence-corrected chi connectivity index (χ0v) is 9.97. The summed E-state index contributed by atoms with van der Waals surface area (Å²) in [6.45, 7) is 7.87. The van der Waals surface area contributed by atoms with Gasteiger partial charge in [-0.1, -0.05) is 39.5 Å². The van der Waals surface area contributed by atoms with Crippen LogP contribution in [-0.4, -0.2) is 11.1 Å². The summed E-state index contributed by atoms with van der Waals surface area (Å²) in [4.78, 5) is 11.0. The van der Waals surface area contributed by atoms with E-state index in [0.717, 1.165) is 12.8 Å². The monoisotopic (exact) mass is 200 g/mol. The molecule has 0 bridgehead atoms. The largest absolute Gasteiger partial charge is 0.481 e. The van der Waals surface area contributed by atoms with Gasteiger partial charge in [-0.3, -0.25) is 4.79 Å². The molecule has 84 valence electrons. The Bertz CT molecular complexity index is 173. The zero-order chi connectivity index (χ0) is 11.2. The topological polar surface area (TPSA) is 37.3 Å². The highest BCUT2D eigenvalue weighted by molar-refractivity contribution is 5.73. The van der Waals surface area contributed by atoms with Gasteiger partial charge < -0.3 is 5.11 Å². The fraction of sp³-hybridized carbons (Fsp3) is 0.917.